The largest absolute Gasteiger partial charge is 0.342 e. The van der Waals surface area contributed by atoms with Gasteiger partial charge in [-0.2, -0.15) is 5.26 Å². The van der Waals surface area contributed by atoms with E-state index in [9.17, 15) is 4.79 Å². The highest BCUT2D eigenvalue weighted by molar-refractivity contribution is 5.78. The van der Waals surface area contributed by atoms with Crippen molar-refractivity contribution in [2.45, 2.75) is 32.1 Å². The van der Waals surface area contributed by atoms with Crippen molar-refractivity contribution in [2.24, 2.45) is 0 Å². The molecule has 5 heteroatoms. The van der Waals surface area contributed by atoms with Crippen molar-refractivity contribution in [3.05, 3.63) is 29.6 Å². The highest BCUT2D eigenvalue weighted by Gasteiger charge is 2.25. The molecule has 1 N–H and O–H groups in total. The van der Waals surface area contributed by atoms with E-state index in [1.165, 1.54) is 5.56 Å². The smallest absolute Gasteiger partial charge is 0.236 e. The van der Waals surface area contributed by atoms with Gasteiger partial charge in [-0.15, -0.1) is 0 Å². The van der Waals surface area contributed by atoms with Crippen molar-refractivity contribution in [1.82, 2.24) is 14.9 Å². The summed E-state index contributed by atoms with van der Waals surface area (Å²) in [5.41, 5.74) is 3.29. The molecule has 0 atom stereocenters. The van der Waals surface area contributed by atoms with E-state index in [2.05, 4.69) is 29.0 Å². The van der Waals surface area contributed by atoms with E-state index in [-0.39, 0.29) is 12.3 Å². The van der Waals surface area contributed by atoms with Crippen LogP contribution in [0.3, 0.4) is 0 Å². The van der Waals surface area contributed by atoms with Gasteiger partial charge in [0, 0.05) is 19.0 Å². The van der Waals surface area contributed by atoms with Crippen LogP contribution < -0.4 is 0 Å². The number of rotatable bonds is 2. The molecule has 1 amide bonds. The molecule has 0 aliphatic carbocycles. The Balaban J connectivity index is 1.71. The standard InChI is InChI=1S/C16H18N4O/c1-11-2-3-13-14(10-11)19-16(18-13)12-5-8-20(9-6-12)15(21)4-7-17/h2-3,10,12H,4-6,8-9H2,1H3,(H,18,19). The highest BCUT2D eigenvalue weighted by atomic mass is 16.2. The quantitative estimate of drug-likeness (QED) is 0.919. The Bertz CT molecular complexity index is 705. The molecule has 1 saturated heterocycles. The number of aryl methyl sites for hydroxylation is 1. The van der Waals surface area contributed by atoms with E-state index in [1.807, 2.05) is 12.1 Å². The molecule has 1 aromatic carbocycles. The molecule has 1 aromatic heterocycles. The summed E-state index contributed by atoms with van der Waals surface area (Å²) in [5, 5.41) is 8.59. The molecule has 21 heavy (non-hydrogen) atoms. The van der Waals surface area contributed by atoms with Crippen LogP contribution in [-0.4, -0.2) is 33.9 Å². The number of carbonyl (C=O) groups is 1. The minimum Gasteiger partial charge on any atom is -0.342 e. The number of carbonyl (C=O) groups excluding carboxylic acids is 1. The molecule has 5 nitrogen and oxygen atoms in total. The Kier molecular flexibility index (Phi) is 3.61. The number of hydrogen-bond acceptors (Lipinski definition) is 3. The number of nitrogens with one attached hydrogen (secondary N) is 1. The van der Waals surface area contributed by atoms with Crippen molar-refractivity contribution in [2.75, 3.05) is 13.1 Å². The Morgan fingerprint density at radius 3 is 2.95 bits per heavy atom. The predicted octanol–water partition coefficient (Wildman–Crippen LogP) is 2.49. The summed E-state index contributed by atoms with van der Waals surface area (Å²) >= 11 is 0. The van der Waals surface area contributed by atoms with Gasteiger partial charge in [0.25, 0.3) is 0 Å². The third-order valence-corrected chi connectivity index (χ3v) is 4.12. The molecule has 3 rings (SSSR count). The number of aromatic nitrogens is 2. The van der Waals surface area contributed by atoms with Crippen molar-refractivity contribution < 1.29 is 4.79 Å². The van der Waals surface area contributed by atoms with Crippen LogP contribution in [0.2, 0.25) is 0 Å². The van der Waals surface area contributed by atoms with Crippen LogP contribution in [0.4, 0.5) is 0 Å². The summed E-state index contributed by atoms with van der Waals surface area (Å²) in [7, 11) is 0. The number of aromatic amines is 1. The number of nitriles is 1. The van der Waals surface area contributed by atoms with Gasteiger partial charge in [0.2, 0.25) is 5.91 Å². The molecule has 1 aliphatic rings. The summed E-state index contributed by atoms with van der Waals surface area (Å²) in [6.45, 7) is 3.49. The lowest BCUT2D eigenvalue weighted by atomic mass is 9.96. The van der Waals surface area contributed by atoms with E-state index in [1.54, 1.807) is 4.90 Å². The number of likely N-dealkylation sites (tertiary alicyclic amines) is 1. The van der Waals surface area contributed by atoms with E-state index < -0.39 is 0 Å². The van der Waals surface area contributed by atoms with E-state index in [4.69, 9.17) is 5.26 Å². The first kappa shape index (κ1) is 13.6. The fourth-order valence-electron chi connectivity index (χ4n) is 2.92. The van der Waals surface area contributed by atoms with E-state index in [0.29, 0.717) is 19.0 Å². The third-order valence-electron chi connectivity index (χ3n) is 4.12. The number of hydrogen-bond donors (Lipinski definition) is 1. The number of imidazole rings is 1. The van der Waals surface area contributed by atoms with Gasteiger partial charge < -0.3 is 9.88 Å². The number of H-pyrrole nitrogens is 1. The molecular weight excluding hydrogens is 264 g/mol. The number of benzene rings is 1. The summed E-state index contributed by atoms with van der Waals surface area (Å²) < 4.78 is 0. The zero-order valence-electron chi connectivity index (χ0n) is 12.1. The first-order valence-electron chi connectivity index (χ1n) is 7.28. The van der Waals surface area contributed by atoms with Gasteiger partial charge in [-0.25, -0.2) is 4.98 Å². The maximum Gasteiger partial charge on any atom is 0.236 e. The van der Waals surface area contributed by atoms with Crippen LogP contribution in [0, 0.1) is 18.3 Å². The number of amides is 1. The van der Waals surface area contributed by atoms with Crippen LogP contribution in [0.5, 0.6) is 0 Å². The van der Waals surface area contributed by atoms with Gasteiger partial charge in [0.05, 0.1) is 17.1 Å². The van der Waals surface area contributed by atoms with Crippen molar-refractivity contribution in [1.29, 1.82) is 5.26 Å². The van der Waals surface area contributed by atoms with Gasteiger partial charge in [0.1, 0.15) is 12.2 Å². The van der Waals surface area contributed by atoms with Gasteiger partial charge in [-0.05, 0) is 37.5 Å². The van der Waals surface area contributed by atoms with Gasteiger partial charge in [-0.3, -0.25) is 4.79 Å². The van der Waals surface area contributed by atoms with Crippen LogP contribution >= 0.6 is 0 Å². The molecule has 0 unspecified atom stereocenters. The van der Waals surface area contributed by atoms with Gasteiger partial charge >= 0.3 is 0 Å². The highest BCUT2D eigenvalue weighted by Crippen LogP contribution is 2.28. The molecule has 1 fully saturated rings. The number of piperidine rings is 1. The maximum atomic E-state index is 11.7. The maximum absolute atomic E-state index is 11.7. The average molecular weight is 282 g/mol. The fourth-order valence-corrected chi connectivity index (χ4v) is 2.92. The zero-order valence-corrected chi connectivity index (χ0v) is 12.1. The lowest BCUT2D eigenvalue weighted by Gasteiger charge is -2.30. The lowest BCUT2D eigenvalue weighted by molar-refractivity contribution is -0.131. The topological polar surface area (TPSA) is 72.8 Å². The average Bonchev–Trinajstić information content (AvgIpc) is 2.90. The summed E-state index contributed by atoms with van der Waals surface area (Å²) in [4.78, 5) is 21.6. The second kappa shape index (κ2) is 5.57. The summed E-state index contributed by atoms with van der Waals surface area (Å²) in [6, 6.07) is 8.13. The Labute approximate surface area is 123 Å². The summed E-state index contributed by atoms with van der Waals surface area (Å²) in [5.74, 6) is 1.32. The molecule has 0 spiro atoms. The van der Waals surface area contributed by atoms with Gasteiger partial charge in [0.15, 0.2) is 0 Å². The van der Waals surface area contributed by atoms with Crippen molar-refractivity contribution in [3.63, 3.8) is 0 Å². The lowest BCUT2D eigenvalue weighted by Crippen LogP contribution is -2.37. The van der Waals surface area contributed by atoms with Gasteiger partial charge in [-0.1, -0.05) is 6.07 Å². The van der Waals surface area contributed by atoms with Crippen LogP contribution in [0.15, 0.2) is 18.2 Å². The molecular formula is C16H18N4O. The van der Waals surface area contributed by atoms with Crippen LogP contribution in [0.1, 0.15) is 36.6 Å². The Hall–Kier alpha value is -2.35. The monoisotopic (exact) mass is 282 g/mol. The first-order valence-corrected chi connectivity index (χ1v) is 7.28. The second-order valence-corrected chi connectivity index (χ2v) is 5.63. The SMILES string of the molecule is Cc1ccc2nc(C3CCN(C(=O)CC#N)CC3)[nH]c2c1. The molecule has 2 aromatic rings. The Morgan fingerprint density at radius 2 is 2.24 bits per heavy atom. The van der Waals surface area contributed by atoms with Crippen molar-refractivity contribution in [3.8, 4) is 6.07 Å². The molecule has 0 radical (unpaired) electrons. The van der Waals surface area contributed by atoms with E-state index >= 15 is 0 Å². The predicted molar refractivity (Wildman–Crippen MR) is 79.6 cm³/mol. The first-order chi connectivity index (χ1) is 10.2. The summed E-state index contributed by atoms with van der Waals surface area (Å²) in [6.07, 6.45) is 1.78. The van der Waals surface area contributed by atoms with E-state index in [0.717, 1.165) is 29.7 Å². The molecule has 1 aliphatic heterocycles. The molecule has 0 bridgehead atoms. The van der Waals surface area contributed by atoms with Crippen molar-refractivity contribution >= 4 is 16.9 Å². The number of fused-ring (bicyclic) bond motifs is 1. The minimum atomic E-state index is -0.0591. The van der Waals surface area contributed by atoms with Crippen LogP contribution in [-0.2, 0) is 4.79 Å². The fraction of sp³-hybridized carbons (Fsp3) is 0.438. The zero-order chi connectivity index (χ0) is 14.8. The third kappa shape index (κ3) is 2.75. The Morgan fingerprint density at radius 1 is 1.48 bits per heavy atom. The molecule has 0 saturated carbocycles. The normalized spacial score (nSPS) is 16.1. The van der Waals surface area contributed by atoms with Crippen LogP contribution in [0.25, 0.3) is 11.0 Å². The number of nitrogens with zero attached hydrogens (tertiary/aromatic N) is 3. The second-order valence-electron chi connectivity index (χ2n) is 5.63. The molecule has 108 valence electrons. The minimum absolute atomic E-state index is 0.0193. The molecule has 2 heterocycles.